The lowest BCUT2D eigenvalue weighted by Gasteiger charge is -2.16. The number of nitrogens with one attached hydrogen (secondary N) is 1. The molecule has 0 aliphatic heterocycles. The molecule has 0 fully saturated rings. The van der Waals surface area contributed by atoms with Gasteiger partial charge in [0.25, 0.3) is 5.56 Å². The van der Waals surface area contributed by atoms with Crippen molar-refractivity contribution in [2.24, 2.45) is 0 Å². The maximum Gasteiger partial charge on any atom is 0.250 e. The fraction of sp³-hybridized carbons (Fsp3) is 0.667. The molecule has 1 N–H and O–H groups in total. The number of pyridine rings is 1. The summed E-state index contributed by atoms with van der Waals surface area (Å²) in [5.74, 6) is 0. The molecule has 3 heteroatoms. The van der Waals surface area contributed by atoms with Gasteiger partial charge in [0.15, 0.2) is 0 Å². The summed E-state index contributed by atoms with van der Waals surface area (Å²) in [6.45, 7) is 8.26. The third-order valence-electron chi connectivity index (χ3n) is 3.28. The summed E-state index contributed by atoms with van der Waals surface area (Å²) in [7, 11) is 0. The average Bonchev–Trinajstić information content (AvgIpc) is 2.36. The molecule has 1 aromatic rings. The smallest absolute Gasteiger partial charge is 0.250 e. The monoisotopic (exact) mass is 250 g/mol. The van der Waals surface area contributed by atoms with E-state index in [-0.39, 0.29) is 5.56 Å². The third kappa shape index (κ3) is 5.05. The van der Waals surface area contributed by atoms with E-state index in [0.29, 0.717) is 6.04 Å². The molecular weight excluding hydrogens is 224 g/mol. The van der Waals surface area contributed by atoms with E-state index in [2.05, 4.69) is 19.2 Å². The first kappa shape index (κ1) is 15.0. The van der Waals surface area contributed by atoms with E-state index in [1.54, 1.807) is 10.6 Å². The number of hydrogen-bond donors (Lipinski definition) is 1. The van der Waals surface area contributed by atoms with Crippen LogP contribution in [0.25, 0.3) is 0 Å². The van der Waals surface area contributed by atoms with Crippen molar-refractivity contribution in [1.29, 1.82) is 0 Å². The van der Waals surface area contributed by atoms with Crippen molar-refractivity contribution in [2.45, 2.75) is 59.0 Å². The van der Waals surface area contributed by atoms with Gasteiger partial charge in [-0.15, -0.1) is 0 Å². The van der Waals surface area contributed by atoms with E-state index in [9.17, 15) is 4.79 Å². The molecule has 1 atom stereocenters. The second-order valence-electron chi connectivity index (χ2n) is 4.94. The first-order valence-electron chi connectivity index (χ1n) is 7.07. The molecule has 18 heavy (non-hydrogen) atoms. The lowest BCUT2D eigenvalue weighted by atomic mass is 10.1. The Morgan fingerprint density at radius 2 is 2.17 bits per heavy atom. The van der Waals surface area contributed by atoms with Gasteiger partial charge in [-0.25, -0.2) is 0 Å². The maximum absolute atomic E-state index is 11.7. The van der Waals surface area contributed by atoms with Gasteiger partial charge in [0, 0.05) is 24.8 Å². The topological polar surface area (TPSA) is 34.0 Å². The van der Waals surface area contributed by atoms with Gasteiger partial charge in [0.2, 0.25) is 0 Å². The molecule has 1 heterocycles. The zero-order chi connectivity index (χ0) is 13.4. The number of hydrogen-bond acceptors (Lipinski definition) is 2. The molecule has 0 bridgehead atoms. The normalized spacial score (nSPS) is 12.6. The van der Waals surface area contributed by atoms with Crippen LogP contribution in [0, 0.1) is 6.92 Å². The first-order chi connectivity index (χ1) is 8.67. The molecule has 0 radical (unpaired) electrons. The van der Waals surface area contributed by atoms with E-state index >= 15 is 0 Å². The van der Waals surface area contributed by atoms with Crippen LogP contribution in [0.15, 0.2) is 23.1 Å². The van der Waals surface area contributed by atoms with E-state index in [1.165, 1.54) is 6.42 Å². The molecule has 1 rings (SSSR count). The van der Waals surface area contributed by atoms with Gasteiger partial charge >= 0.3 is 0 Å². The van der Waals surface area contributed by atoms with E-state index in [0.717, 1.165) is 37.9 Å². The van der Waals surface area contributed by atoms with Crippen LogP contribution >= 0.6 is 0 Å². The molecule has 102 valence electrons. The van der Waals surface area contributed by atoms with Gasteiger partial charge in [0.05, 0.1) is 0 Å². The molecule has 0 saturated heterocycles. The van der Waals surface area contributed by atoms with Crippen molar-refractivity contribution in [3.8, 4) is 0 Å². The molecule has 1 unspecified atom stereocenters. The van der Waals surface area contributed by atoms with Crippen molar-refractivity contribution < 1.29 is 0 Å². The van der Waals surface area contributed by atoms with Crippen LogP contribution in [0.1, 0.15) is 45.1 Å². The summed E-state index contributed by atoms with van der Waals surface area (Å²) in [6.07, 6.45) is 6.42. The fourth-order valence-corrected chi connectivity index (χ4v) is 2.10. The molecule has 0 saturated carbocycles. The van der Waals surface area contributed by atoms with Crippen LogP contribution in [-0.2, 0) is 6.54 Å². The summed E-state index contributed by atoms with van der Waals surface area (Å²) in [5, 5.41) is 3.54. The molecule has 0 aromatic carbocycles. The Morgan fingerprint density at radius 3 is 2.78 bits per heavy atom. The van der Waals surface area contributed by atoms with Crippen LogP contribution in [0.3, 0.4) is 0 Å². The minimum atomic E-state index is 0.115. The van der Waals surface area contributed by atoms with Crippen LogP contribution in [0.4, 0.5) is 0 Å². The van der Waals surface area contributed by atoms with E-state index in [4.69, 9.17) is 0 Å². The van der Waals surface area contributed by atoms with E-state index in [1.807, 2.05) is 19.2 Å². The van der Waals surface area contributed by atoms with Gasteiger partial charge < -0.3 is 9.88 Å². The third-order valence-corrected chi connectivity index (χ3v) is 3.28. The van der Waals surface area contributed by atoms with Crippen molar-refractivity contribution in [1.82, 2.24) is 9.88 Å². The number of aromatic nitrogens is 1. The molecule has 3 nitrogen and oxygen atoms in total. The standard InChI is InChI=1S/C15H26N2O/c1-4-9-16-14(5-2)7-6-10-17-11-8-13(3)12-15(17)18/h8,11-12,14,16H,4-7,9-10H2,1-3H3. The van der Waals surface area contributed by atoms with Gasteiger partial charge in [-0.05, 0) is 50.8 Å². The molecule has 0 aliphatic carbocycles. The zero-order valence-corrected chi connectivity index (χ0v) is 11.9. The Bertz CT molecular complexity index is 398. The van der Waals surface area contributed by atoms with Crippen molar-refractivity contribution in [3.63, 3.8) is 0 Å². The van der Waals surface area contributed by atoms with Crippen LogP contribution in [-0.4, -0.2) is 17.2 Å². The Morgan fingerprint density at radius 1 is 1.39 bits per heavy atom. The largest absolute Gasteiger partial charge is 0.316 e. The summed E-state index contributed by atoms with van der Waals surface area (Å²) in [5.41, 5.74) is 1.15. The second-order valence-corrected chi connectivity index (χ2v) is 4.94. The quantitative estimate of drug-likeness (QED) is 0.769. The summed E-state index contributed by atoms with van der Waals surface area (Å²) in [6, 6.07) is 4.28. The molecule has 1 aromatic heterocycles. The number of rotatable bonds is 8. The van der Waals surface area contributed by atoms with Gasteiger partial charge in [-0.3, -0.25) is 4.79 Å². The minimum absolute atomic E-state index is 0.115. The predicted octanol–water partition coefficient (Wildman–Crippen LogP) is 2.72. The van der Waals surface area contributed by atoms with Crippen molar-refractivity contribution in [2.75, 3.05) is 6.54 Å². The van der Waals surface area contributed by atoms with Gasteiger partial charge in [-0.2, -0.15) is 0 Å². The molecule has 0 spiro atoms. The highest BCUT2D eigenvalue weighted by molar-refractivity contribution is 5.07. The molecular formula is C15H26N2O. The summed E-state index contributed by atoms with van der Waals surface area (Å²) < 4.78 is 1.81. The Kier molecular flexibility index (Phi) is 6.73. The zero-order valence-electron chi connectivity index (χ0n) is 11.9. The lowest BCUT2D eigenvalue weighted by molar-refractivity contribution is 0.437. The Labute approximate surface area is 110 Å². The van der Waals surface area contributed by atoms with Crippen LogP contribution in [0.5, 0.6) is 0 Å². The fourth-order valence-electron chi connectivity index (χ4n) is 2.10. The average molecular weight is 250 g/mol. The maximum atomic E-state index is 11.7. The lowest BCUT2D eigenvalue weighted by Crippen LogP contribution is -2.29. The SMILES string of the molecule is CCCNC(CC)CCCn1ccc(C)cc1=O. The van der Waals surface area contributed by atoms with Crippen molar-refractivity contribution >= 4 is 0 Å². The molecule has 0 amide bonds. The van der Waals surface area contributed by atoms with Gasteiger partial charge in [-0.1, -0.05) is 13.8 Å². The first-order valence-corrected chi connectivity index (χ1v) is 7.07. The Balaban J connectivity index is 2.38. The summed E-state index contributed by atoms with van der Waals surface area (Å²) in [4.78, 5) is 11.7. The minimum Gasteiger partial charge on any atom is -0.316 e. The van der Waals surface area contributed by atoms with Crippen LogP contribution < -0.4 is 10.9 Å². The van der Waals surface area contributed by atoms with E-state index < -0.39 is 0 Å². The Hall–Kier alpha value is -1.09. The molecule has 0 aliphatic rings. The summed E-state index contributed by atoms with van der Waals surface area (Å²) >= 11 is 0. The number of aryl methyl sites for hydroxylation is 2. The second kappa shape index (κ2) is 8.09. The van der Waals surface area contributed by atoms with Crippen molar-refractivity contribution in [3.05, 3.63) is 34.2 Å². The predicted molar refractivity (Wildman–Crippen MR) is 77.0 cm³/mol. The highest BCUT2D eigenvalue weighted by Crippen LogP contribution is 2.03. The highest BCUT2D eigenvalue weighted by Gasteiger charge is 2.04. The van der Waals surface area contributed by atoms with Crippen LogP contribution in [0.2, 0.25) is 0 Å². The van der Waals surface area contributed by atoms with Gasteiger partial charge in [0.1, 0.15) is 0 Å². The highest BCUT2D eigenvalue weighted by atomic mass is 16.1. The number of nitrogens with zero attached hydrogens (tertiary/aromatic N) is 1.